The first-order valence-corrected chi connectivity index (χ1v) is 10.5. The van der Waals surface area contributed by atoms with E-state index in [-0.39, 0.29) is 11.8 Å². The number of likely N-dealkylation sites (tertiary alicyclic amines) is 1. The van der Waals surface area contributed by atoms with Crippen LogP contribution >= 0.6 is 0 Å². The summed E-state index contributed by atoms with van der Waals surface area (Å²) in [5.41, 5.74) is 2.79. The number of hydrogen-bond donors (Lipinski definition) is 2. The molecule has 0 radical (unpaired) electrons. The topological polar surface area (TPSA) is 79.9 Å². The average Bonchev–Trinajstić information content (AvgIpc) is 3.50. The molecular weight excluding hydrogens is 370 g/mol. The van der Waals surface area contributed by atoms with E-state index in [1.54, 1.807) is 0 Å². The van der Waals surface area contributed by atoms with Crippen LogP contribution in [0.4, 0.5) is 0 Å². The van der Waals surface area contributed by atoms with Crippen LogP contribution in [0.1, 0.15) is 38.5 Å². The highest BCUT2D eigenvalue weighted by Crippen LogP contribution is 2.32. The molecule has 156 valence electrons. The van der Waals surface area contributed by atoms with Crippen molar-refractivity contribution >= 4 is 11.8 Å². The van der Waals surface area contributed by atoms with E-state index in [9.17, 15) is 9.59 Å². The molecule has 2 N–H and O–H groups in total. The molecule has 7 nitrogen and oxygen atoms in total. The Morgan fingerprint density at radius 2 is 1.97 bits per heavy atom. The first kappa shape index (κ1) is 19.8. The number of carbonyl (C=O) groups is 2. The van der Waals surface area contributed by atoms with Crippen molar-refractivity contribution in [3.63, 3.8) is 0 Å². The predicted molar refractivity (Wildman–Crippen MR) is 108 cm³/mol. The van der Waals surface area contributed by atoms with Gasteiger partial charge in [-0.1, -0.05) is 18.2 Å². The van der Waals surface area contributed by atoms with Gasteiger partial charge in [-0.3, -0.25) is 19.9 Å². The summed E-state index contributed by atoms with van der Waals surface area (Å²) in [5.74, 6) is 1.51. The van der Waals surface area contributed by atoms with Gasteiger partial charge in [-0.05, 0) is 43.4 Å². The summed E-state index contributed by atoms with van der Waals surface area (Å²) in [7, 11) is 0. The van der Waals surface area contributed by atoms with Crippen molar-refractivity contribution in [2.75, 3.05) is 26.2 Å². The molecule has 0 aromatic heterocycles. The molecule has 1 aliphatic carbocycles. The molecule has 1 aromatic carbocycles. The normalized spacial score (nSPS) is 20.1. The van der Waals surface area contributed by atoms with Crippen LogP contribution in [0.25, 0.3) is 0 Å². The number of amides is 2. The molecule has 0 atom stereocenters. The van der Waals surface area contributed by atoms with Crippen LogP contribution in [0.5, 0.6) is 5.75 Å². The minimum atomic E-state index is -0.487. The largest absolute Gasteiger partial charge is 0.494 e. The van der Waals surface area contributed by atoms with E-state index in [1.807, 2.05) is 41.3 Å². The highest BCUT2D eigenvalue weighted by Gasteiger charge is 2.40. The molecule has 29 heavy (non-hydrogen) atoms. The Morgan fingerprint density at radius 3 is 2.69 bits per heavy atom. The van der Waals surface area contributed by atoms with Gasteiger partial charge in [-0.2, -0.15) is 0 Å². The van der Waals surface area contributed by atoms with Crippen molar-refractivity contribution in [3.05, 3.63) is 42.1 Å². The summed E-state index contributed by atoms with van der Waals surface area (Å²) >= 11 is 0. The Morgan fingerprint density at radius 1 is 1.21 bits per heavy atom. The number of para-hydroxylation sites is 1. The summed E-state index contributed by atoms with van der Waals surface area (Å²) in [6.45, 7) is 2.53. The summed E-state index contributed by atoms with van der Waals surface area (Å²) < 4.78 is 5.65. The van der Waals surface area contributed by atoms with Crippen molar-refractivity contribution in [1.82, 2.24) is 15.7 Å². The number of piperidine rings is 1. The number of carbonyl (C=O) groups excluding carboxylic acids is 2. The molecule has 1 saturated heterocycles. The van der Waals surface area contributed by atoms with Gasteiger partial charge in [0.05, 0.1) is 6.61 Å². The third kappa shape index (κ3) is 5.29. The van der Waals surface area contributed by atoms with Crippen molar-refractivity contribution in [1.29, 1.82) is 0 Å². The zero-order valence-corrected chi connectivity index (χ0v) is 16.7. The molecule has 0 bridgehead atoms. The monoisotopic (exact) mass is 399 g/mol. The Labute approximate surface area is 171 Å². The van der Waals surface area contributed by atoms with E-state index >= 15 is 0 Å². The zero-order valence-electron chi connectivity index (χ0n) is 16.7. The van der Waals surface area contributed by atoms with Gasteiger partial charge in [-0.25, -0.2) is 0 Å². The summed E-state index contributed by atoms with van der Waals surface area (Å²) in [6, 6.07) is 9.63. The molecule has 2 aliphatic heterocycles. The number of benzene rings is 1. The van der Waals surface area contributed by atoms with Crippen LogP contribution in [0, 0.1) is 5.92 Å². The molecule has 2 amide bonds. The lowest BCUT2D eigenvalue weighted by atomic mass is 9.90. The summed E-state index contributed by atoms with van der Waals surface area (Å²) in [5, 5.41) is 2.95. The van der Waals surface area contributed by atoms with Crippen molar-refractivity contribution in [3.8, 4) is 5.75 Å². The number of nitrogens with one attached hydrogen (secondary N) is 2. The number of hydrogen-bond acceptors (Lipinski definition) is 5. The fraction of sp³-hybridized carbons (Fsp3) is 0.545. The number of rotatable bonds is 8. The van der Waals surface area contributed by atoms with Crippen LogP contribution in [0.2, 0.25) is 0 Å². The first-order valence-electron chi connectivity index (χ1n) is 10.5. The SMILES string of the molecule is O=C(NCC1CC1)C1=CC2(CCN(C(=O)CCCOc3ccccc3)CC2)ON1. The van der Waals surface area contributed by atoms with E-state index in [0.717, 1.165) is 12.3 Å². The smallest absolute Gasteiger partial charge is 0.269 e. The fourth-order valence-corrected chi connectivity index (χ4v) is 3.71. The molecular formula is C22H29N3O4. The van der Waals surface area contributed by atoms with Crippen LogP contribution < -0.4 is 15.5 Å². The van der Waals surface area contributed by atoms with Gasteiger partial charge in [0.2, 0.25) is 5.91 Å². The van der Waals surface area contributed by atoms with Gasteiger partial charge >= 0.3 is 0 Å². The molecule has 1 saturated carbocycles. The van der Waals surface area contributed by atoms with E-state index in [4.69, 9.17) is 9.57 Å². The lowest BCUT2D eigenvalue weighted by Crippen LogP contribution is -2.46. The van der Waals surface area contributed by atoms with Gasteiger partial charge < -0.3 is 15.0 Å². The average molecular weight is 399 g/mol. The fourth-order valence-electron chi connectivity index (χ4n) is 3.71. The van der Waals surface area contributed by atoms with Crippen LogP contribution in [-0.4, -0.2) is 48.6 Å². The minimum absolute atomic E-state index is 0.106. The van der Waals surface area contributed by atoms with E-state index < -0.39 is 5.60 Å². The van der Waals surface area contributed by atoms with Gasteiger partial charge in [0.1, 0.15) is 17.0 Å². The quantitative estimate of drug-likeness (QED) is 0.655. The lowest BCUT2D eigenvalue weighted by Gasteiger charge is -2.36. The van der Waals surface area contributed by atoms with Gasteiger partial charge in [0.25, 0.3) is 5.91 Å². The summed E-state index contributed by atoms with van der Waals surface area (Å²) in [4.78, 5) is 32.3. The third-order valence-corrected chi connectivity index (χ3v) is 5.77. The van der Waals surface area contributed by atoms with Gasteiger partial charge in [0, 0.05) is 38.9 Å². The minimum Gasteiger partial charge on any atom is -0.494 e. The maximum atomic E-state index is 12.5. The van der Waals surface area contributed by atoms with Crippen LogP contribution in [-0.2, 0) is 14.4 Å². The Hall–Kier alpha value is -2.54. The van der Waals surface area contributed by atoms with E-state index in [2.05, 4.69) is 10.8 Å². The molecule has 1 aromatic rings. The number of hydroxylamine groups is 1. The molecule has 0 unspecified atom stereocenters. The molecule has 2 heterocycles. The summed E-state index contributed by atoms with van der Waals surface area (Å²) in [6.07, 6.45) is 6.84. The first-order chi connectivity index (χ1) is 14.1. The predicted octanol–water partition coefficient (Wildman–Crippen LogP) is 2.15. The highest BCUT2D eigenvalue weighted by atomic mass is 16.7. The van der Waals surface area contributed by atoms with Crippen LogP contribution in [0.3, 0.4) is 0 Å². The second-order valence-corrected chi connectivity index (χ2v) is 8.13. The molecule has 1 spiro atoms. The van der Waals surface area contributed by atoms with Crippen molar-refractivity contribution in [2.45, 2.75) is 44.1 Å². The molecule has 2 fully saturated rings. The maximum Gasteiger partial charge on any atom is 0.269 e. The molecule has 7 heteroatoms. The van der Waals surface area contributed by atoms with Crippen molar-refractivity contribution < 1.29 is 19.2 Å². The highest BCUT2D eigenvalue weighted by molar-refractivity contribution is 5.93. The van der Waals surface area contributed by atoms with Crippen molar-refractivity contribution in [2.24, 2.45) is 5.92 Å². The Bertz CT molecular complexity index is 753. The number of nitrogens with zero attached hydrogens (tertiary/aromatic N) is 1. The zero-order chi connectivity index (χ0) is 20.1. The van der Waals surface area contributed by atoms with Crippen LogP contribution in [0.15, 0.2) is 42.1 Å². The van der Waals surface area contributed by atoms with E-state index in [1.165, 1.54) is 12.8 Å². The van der Waals surface area contributed by atoms with Gasteiger partial charge in [-0.15, -0.1) is 0 Å². The second kappa shape index (κ2) is 8.86. The maximum absolute atomic E-state index is 12.5. The second-order valence-electron chi connectivity index (χ2n) is 8.13. The Kier molecular flexibility index (Phi) is 6.04. The number of ether oxygens (including phenoxy) is 1. The third-order valence-electron chi connectivity index (χ3n) is 5.77. The van der Waals surface area contributed by atoms with Gasteiger partial charge in [0.15, 0.2) is 0 Å². The lowest BCUT2D eigenvalue weighted by molar-refractivity contribution is -0.137. The molecule has 3 aliphatic rings. The van der Waals surface area contributed by atoms with E-state index in [0.29, 0.717) is 57.0 Å². The standard InChI is InChI=1S/C22H29N3O4/c26-20(7-4-14-28-18-5-2-1-3-6-18)25-12-10-22(11-13-25)15-19(24-29-22)21(27)23-16-17-8-9-17/h1-3,5-6,15,17,24H,4,7-14,16H2,(H,23,27). The molecule has 4 rings (SSSR count). The Balaban J connectivity index is 1.17.